The number of nitrogens with zero attached hydrogens (tertiary/aromatic N) is 4. The molecular weight excluding hydrogens is 418 g/mol. The van der Waals surface area contributed by atoms with Gasteiger partial charge in [-0.2, -0.15) is 0 Å². The van der Waals surface area contributed by atoms with Gasteiger partial charge < -0.3 is 19.7 Å². The van der Waals surface area contributed by atoms with Gasteiger partial charge in [0.05, 0.1) is 12.3 Å². The summed E-state index contributed by atoms with van der Waals surface area (Å²) in [6.07, 6.45) is 3.46. The molecule has 0 aliphatic carbocycles. The van der Waals surface area contributed by atoms with E-state index in [0.29, 0.717) is 35.3 Å². The van der Waals surface area contributed by atoms with Crippen molar-refractivity contribution in [2.45, 2.75) is 6.92 Å². The minimum atomic E-state index is -0.0815. The van der Waals surface area contributed by atoms with Gasteiger partial charge in [-0.15, -0.1) is 0 Å². The Balaban J connectivity index is 1.70. The van der Waals surface area contributed by atoms with Crippen LogP contribution in [0.15, 0.2) is 54.9 Å². The summed E-state index contributed by atoms with van der Waals surface area (Å²) in [5.74, 6) is 2.52. The van der Waals surface area contributed by atoms with E-state index in [1.54, 1.807) is 24.3 Å². The van der Waals surface area contributed by atoms with Gasteiger partial charge in [0.25, 0.3) is 5.91 Å². The quantitative estimate of drug-likeness (QED) is 0.497. The predicted molar refractivity (Wildman–Crippen MR) is 128 cm³/mol. The van der Waals surface area contributed by atoms with Crippen LogP contribution in [0.1, 0.15) is 6.92 Å². The van der Waals surface area contributed by atoms with Crippen LogP contribution in [0.3, 0.4) is 0 Å². The molecule has 5 rings (SSSR count). The van der Waals surface area contributed by atoms with Crippen molar-refractivity contribution in [3.63, 3.8) is 0 Å². The van der Waals surface area contributed by atoms with Crippen LogP contribution in [0.2, 0.25) is 0 Å². The highest BCUT2D eigenvalue weighted by atomic mass is 16.5. The van der Waals surface area contributed by atoms with E-state index in [1.807, 2.05) is 56.4 Å². The predicted octanol–water partition coefficient (Wildman–Crippen LogP) is 4.15. The van der Waals surface area contributed by atoms with Crippen molar-refractivity contribution in [2.75, 3.05) is 37.5 Å². The van der Waals surface area contributed by atoms with Crippen LogP contribution < -0.4 is 19.7 Å². The standard InChI is InChI=1S/C25H23N5O3/c1-4-32-21-12-17(15-7-8-20-19(11-15)30(3)22(31)14-33-20)10-18-23(21)28-24(29-25(18)26-2)16-6-5-9-27-13-16/h5-13H,4,14H2,1-3H3,(H,26,28,29). The fourth-order valence-electron chi connectivity index (χ4n) is 3.90. The molecule has 1 N–H and O–H groups in total. The van der Waals surface area contributed by atoms with Gasteiger partial charge in [0, 0.05) is 37.4 Å². The molecule has 0 fully saturated rings. The number of amides is 1. The van der Waals surface area contributed by atoms with Crippen molar-refractivity contribution in [1.82, 2.24) is 15.0 Å². The zero-order chi connectivity index (χ0) is 22.9. The first kappa shape index (κ1) is 20.7. The highest BCUT2D eigenvalue weighted by Gasteiger charge is 2.23. The van der Waals surface area contributed by atoms with E-state index in [-0.39, 0.29) is 12.5 Å². The van der Waals surface area contributed by atoms with Gasteiger partial charge in [0.1, 0.15) is 22.8 Å². The molecule has 8 nitrogen and oxygen atoms in total. The molecule has 0 spiro atoms. The summed E-state index contributed by atoms with van der Waals surface area (Å²) < 4.78 is 11.6. The Morgan fingerprint density at radius 3 is 2.76 bits per heavy atom. The molecule has 4 aromatic rings. The molecule has 0 radical (unpaired) electrons. The molecule has 33 heavy (non-hydrogen) atoms. The second-order valence-corrected chi connectivity index (χ2v) is 7.62. The number of pyridine rings is 1. The molecule has 1 aliphatic heterocycles. The molecule has 1 aliphatic rings. The van der Waals surface area contributed by atoms with Crippen LogP contribution in [0.4, 0.5) is 11.5 Å². The van der Waals surface area contributed by atoms with Crippen LogP contribution in [0.5, 0.6) is 11.5 Å². The average Bonchev–Trinajstić information content (AvgIpc) is 2.86. The highest BCUT2D eigenvalue weighted by Crippen LogP contribution is 2.39. The maximum atomic E-state index is 12.1. The lowest BCUT2D eigenvalue weighted by Crippen LogP contribution is -2.35. The summed E-state index contributed by atoms with van der Waals surface area (Å²) in [7, 11) is 3.59. The average molecular weight is 441 g/mol. The van der Waals surface area contributed by atoms with E-state index in [1.165, 1.54) is 0 Å². The van der Waals surface area contributed by atoms with Crippen LogP contribution in [0.25, 0.3) is 33.4 Å². The van der Waals surface area contributed by atoms with E-state index in [0.717, 1.165) is 27.8 Å². The SMILES string of the molecule is CCOc1cc(-c2ccc3c(c2)N(C)C(=O)CO3)cc2c(NC)nc(-c3cccnc3)nc12. The summed E-state index contributed by atoms with van der Waals surface area (Å²) >= 11 is 0. The van der Waals surface area contributed by atoms with Crippen LogP contribution >= 0.6 is 0 Å². The van der Waals surface area contributed by atoms with Crippen LogP contribution in [-0.4, -0.2) is 48.2 Å². The van der Waals surface area contributed by atoms with Crippen LogP contribution in [-0.2, 0) is 4.79 Å². The molecule has 166 valence electrons. The molecule has 1 amide bonds. The van der Waals surface area contributed by atoms with Gasteiger partial charge in [0.2, 0.25) is 0 Å². The third-order valence-corrected chi connectivity index (χ3v) is 5.60. The largest absolute Gasteiger partial charge is 0.492 e. The number of rotatable bonds is 5. The Kier molecular flexibility index (Phi) is 5.26. The minimum Gasteiger partial charge on any atom is -0.492 e. The maximum absolute atomic E-state index is 12.1. The summed E-state index contributed by atoms with van der Waals surface area (Å²) in [4.78, 5) is 27.4. The van der Waals surface area contributed by atoms with Gasteiger partial charge in [-0.25, -0.2) is 9.97 Å². The molecule has 0 atom stereocenters. The first-order valence-electron chi connectivity index (χ1n) is 10.7. The number of carbonyl (C=O) groups is 1. The molecule has 0 bridgehead atoms. The number of nitrogens with one attached hydrogen (secondary N) is 1. The first-order valence-corrected chi connectivity index (χ1v) is 10.7. The molecule has 0 saturated carbocycles. The second-order valence-electron chi connectivity index (χ2n) is 7.62. The van der Waals surface area contributed by atoms with E-state index in [4.69, 9.17) is 19.4 Å². The number of carbonyl (C=O) groups excluding carboxylic acids is 1. The first-order chi connectivity index (χ1) is 16.1. The molecule has 3 heterocycles. The van der Waals surface area contributed by atoms with E-state index in [9.17, 15) is 4.79 Å². The number of likely N-dealkylation sites (N-methyl/N-ethyl adjacent to an activating group) is 1. The lowest BCUT2D eigenvalue weighted by molar-refractivity contribution is -0.120. The lowest BCUT2D eigenvalue weighted by atomic mass is 10.0. The van der Waals surface area contributed by atoms with Crippen molar-refractivity contribution in [3.8, 4) is 34.0 Å². The van der Waals surface area contributed by atoms with E-state index >= 15 is 0 Å². The number of fused-ring (bicyclic) bond motifs is 2. The van der Waals surface area contributed by atoms with Crippen molar-refractivity contribution < 1.29 is 14.3 Å². The van der Waals surface area contributed by atoms with Crippen LogP contribution in [0, 0.1) is 0 Å². The lowest BCUT2D eigenvalue weighted by Gasteiger charge is -2.26. The Bertz CT molecular complexity index is 1360. The molecule has 2 aromatic heterocycles. The molecule has 0 saturated heterocycles. The highest BCUT2D eigenvalue weighted by molar-refractivity contribution is 6.00. The molecule has 8 heteroatoms. The number of hydrogen-bond acceptors (Lipinski definition) is 7. The maximum Gasteiger partial charge on any atom is 0.264 e. The van der Waals surface area contributed by atoms with Gasteiger partial charge in [-0.05, 0) is 54.4 Å². The summed E-state index contributed by atoms with van der Waals surface area (Å²) in [6, 6.07) is 13.6. The van der Waals surface area contributed by atoms with Gasteiger partial charge in [-0.1, -0.05) is 6.07 Å². The second kappa shape index (κ2) is 8.38. The zero-order valence-corrected chi connectivity index (χ0v) is 18.6. The molecular formula is C25H23N5O3. The van der Waals surface area contributed by atoms with E-state index < -0.39 is 0 Å². The normalized spacial score (nSPS) is 12.9. The molecule has 0 unspecified atom stereocenters. The Morgan fingerprint density at radius 1 is 1.12 bits per heavy atom. The Labute approximate surface area is 191 Å². The van der Waals surface area contributed by atoms with Gasteiger partial charge >= 0.3 is 0 Å². The number of anilines is 2. The van der Waals surface area contributed by atoms with E-state index in [2.05, 4.69) is 10.3 Å². The number of hydrogen-bond donors (Lipinski definition) is 1. The fraction of sp³-hybridized carbons (Fsp3) is 0.200. The van der Waals surface area contributed by atoms with Crippen molar-refractivity contribution in [1.29, 1.82) is 0 Å². The van der Waals surface area contributed by atoms with Crippen molar-refractivity contribution >= 4 is 28.3 Å². The molecule has 2 aromatic carbocycles. The smallest absolute Gasteiger partial charge is 0.264 e. The zero-order valence-electron chi connectivity index (χ0n) is 18.6. The van der Waals surface area contributed by atoms with Crippen molar-refractivity contribution in [2.24, 2.45) is 0 Å². The number of ether oxygens (including phenoxy) is 2. The third kappa shape index (κ3) is 3.69. The van der Waals surface area contributed by atoms with Gasteiger partial charge in [-0.3, -0.25) is 9.78 Å². The number of aromatic nitrogens is 3. The monoisotopic (exact) mass is 441 g/mol. The third-order valence-electron chi connectivity index (χ3n) is 5.60. The Hall–Kier alpha value is -4.20. The summed E-state index contributed by atoms with van der Waals surface area (Å²) in [5.41, 5.74) is 4.13. The number of benzene rings is 2. The minimum absolute atomic E-state index is 0.0510. The van der Waals surface area contributed by atoms with Crippen molar-refractivity contribution in [3.05, 3.63) is 54.9 Å². The fourth-order valence-corrected chi connectivity index (χ4v) is 3.90. The topological polar surface area (TPSA) is 89.5 Å². The summed E-state index contributed by atoms with van der Waals surface area (Å²) in [5, 5.41) is 4.03. The summed E-state index contributed by atoms with van der Waals surface area (Å²) in [6.45, 7) is 2.49. The van der Waals surface area contributed by atoms with Gasteiger partial charge in [0.15, 0.2) is 12.4 Å². The Morgan fingerprint density at radius 2 is 2.00 bits per heavy atom.